The molecule has 0 spiro atoms. The molecular formula is C16H22N4S. The molecule has 0 unspecified atom stereocenters. The fraction of sp³-hybridized carbons (Fsp3) is 0.375. The number of para-hydroxylation sites is 1. The summed E-state index contributed by atoms with van der Waals surface area (Å²) in [5, 5.41) is 7.92. The van der Waals surface area contributed by atoms with E-state index in [9.17, 15) is 0 Å². The van der Waals surface area contributed by atoms with Crippen LogP contribution in [0.4, 0.5) is 5.69 Å². The number of aromatic nitrogens is 2. The van der Waals surface area contributed by atoms with Crippen LogP contribution < -0.4 is 11.1 Å². The Morgan fingerprint density at radius 3 is 2.71 bits per heavy atom. The highest BCUT2D eigenvalue weighted by Crippen LogP contribution is 2.20. The van der Waals surface area contributed by atoms with E-state index in [0.717, 1.165) is 42.0 Å². The van der Waals surface area contributed by atoms with Crippen molar-refractivity contribution in [1.82, 2.24) is 9.78 Å². The number of nitrogens with zero attached hydrogens (tertiary/aromatic N) is 2. The third-order valence-corrected chi connectivity index (χ3v) is 3.71. The van der Waals surface area contributed by atoms with Crippen LogP contribution in [0.25, 0.3) is 0 Å². The number of thiocarbonyl (C=S) groups is 1. The first-order valence-electron chi connectivity index (χ1n) is 7.13. The lowest BCUT2D eigenvalue weighted by Gasteiger charge is -2.14. The number of nitrogens with one attached hydrogen (secondary N) is 1. The van der Waals surface area contributed by atoms with Crippen molar-refractivity contribution >= 4 is 22.9 Å². The lowest BCUT2D eigenvalue weighted by molar-refractivity contribution is 0.573. The van der Waals surface area contributed by atoms with Crippen LogP contribution in [0.2, 0.25) is 0 Å². The molecule has 0 aliphatic carbocycles. The molecule has 1 aromatic carbocycles. The van der Waals surface area contributed by atoms with E-state index in [1.807, 2.05) is 23.7 Å². The Kier molecular flexibility index (Phi) is 4.96. The van der Waals surface area contributed by atoms with Gasteiger partial charge in [0.25, 0.3) is 0 Å². The van der Waals surface area contributed by atoms with E-state index in [4.69, 9.17) is 18.0 Å². The van der Waals surface area contributed by atoms with Gasteiger partial charge in [0, 0.05) is 30.0 Å². The molecule has 2 aromatic rings. The Balaban J connectivity index is 1.95. The summed E-state index contributed by atoms with van der Waals surface area (Å²) >= 11 is 5.11. The molecule has 5 heteroatoms. The molecule has 0 atom stereocenters. The summed E-state index contributed by atoms with van der Waals surface area (Å²) in [4.78, 5) is 0.430. The molecule has 1 aromatic heterocycles. The highest BCUT2D eigenvalue weighted by molar-refractivity contribution is 7.80. The molecule has 0 fully saturated rings. The maximum absolute atomic E-state index is 5.78. The van der Waals surface area contributed by atoms with E-state index in [1.165, 1.54) is 5.69 Å². The number of hydrogen-bond acceptors (Lipinski definition) is 3. The van der Waals surface area contributed by atoms with Crippen molar-refractivity contribution in [3.8, 4) is 0 Å². The second kappa shape index (κ2) is 6.72. The van der Waals surface area contributed by atoms with Gasteiger partial charge >= 0.3 is 0 Å². The Hall–Kier alpha value is -1.88. The standard InChI is InChI=1S/C16H22N4S/c1-11-6-4-7-14(16(17)21)15(11)18-8-5-9-20-13(3)10-12(2)19-20/h4,6-7,10,18H,5,8-9H2,1-3H3,(H2,17,21). The van der Waals surface area contributed by atoms with Gasteiger partial charge in [-0.25, -0.2) is 0 Å². The second-order valence-corrected chi connectivity index (χ2v) is 5.73. The fourth-order valence-electron chi connectivity index (χ4n) is 2.45. The van der Waals surface area contributed by atoms with Crippen LogP contribution >= 0.6 is 12.2 Å². The minimum atomic E-state index is 0.430. The molecule has 0 bridgehead atoms. The van der Waals surface area contributed by atoms with Gasteiger partial charge in [0.05, 0.1) is 5.69 Å². The molecule has 2 rings (SSSR count). The normalized spacial score (nSPS) is 10.6. The summed E-state index contributed by atoms with van der Waals surface area (Å²) in [6, 6.07) is 8.09. The molecule has 0 saturated heterocycles. The highest BCUT2D eigenvalue weighted by atomic mass is 32.1. The van der Waals surface area contributed by atoms with Crippen molar-refractivity contribution in [2.45, 2.75) is 33.7 Å². The van der Waals surface area contributed by atoms with Crippen molar-refractivity contribution in [2.24, 2.45) is 5.73 Å². The van der Waals surface area contributed by atoms with Crippen LogP contribution in [-0.4, -0.2) is 21.3 Å². The van der Waals surface area contributed by atoms with Crippen molar-refractivity contribution in [3.63, 3.8) is 0 Å². The lowest BCUT2D eigenvalue weighted by atomic mass is 10.1. The van der Waals surface area contributed by atoms with Gasteiger partial charge in [-0.3, -0.25) is 4.68 Å². The average Bonchev–Trinajstić information content (AvgIpc) is 2.74. The van der Waals surface area contributed by atoms with Crippen LogP contribution in [0.1, 0.15) is 28.9 Å². The van der Waals surface area contributed by atoms with E-state index in [2.05, 4.69) is 36.4 Å². The van der Waals surface area contributed by atoms with Crippen molar-refractivity contribution in [2.75, 3.05) is 11.9 Å². The third-order valence-electron chi connectivity index (χ3n) is 3.49. The molecule has 112 valence electrons. The SMILES string of the molecule is Cc1cc(C)n(CCCNc2c(C)cccc2C(N)=S)n1. The Morgan fingerprint density at radius 1 is 1.33 bits per heavy atom. The first kappa shape index (κ1) is 15.5. The van der Waals surface area contributed by atoms with Gasteiger partial charge in [0.15, 0.2) is 0 Å². The smallest absolute Gasteiger partial charge is 0.106 e. The molecule has 21 heavy (non-hydrogen) atoms. The third kappa shape index (κ3) is 3.82. The van der Waals surface area contributed by atoms with Crippen LogP contribution in [0.3, 0.4) is 0 Å². The van der Waals surface area contributed by atoms with E-state index in [1.54, 1.807) is 0 Å². The predicted molar refractivity (Wildman–Crippen MR) is 91.9 cm³/mol. The van der Waals surface area contributed by atoms with Crippen molar-refractivity contribution in [3.05, 3.63) is 46.8 Å². The quantitative estimate of drug-likeness (QED) is 0.636. The number of hydrogen-bond donors (Lipinski definition) is 2. The Bertz CT molecular complexity index is 646. The highest BCUT2D eigenvalue weighted by Gasteiger charge is 2.07. The predicted octanol–water partition coefficient (Wildman–Crippen LogP) is 2.94. The largest absolute Gasteiger partial charge is 0.389 e. The number of nitrogens with two attached hydrogens (primary N) is 1. The molecule has 4 nitrogen and oxygen atoms in total. The van der Waals surface area contributed by atoms with Gasteiger partial charge in [-0.15, -0.1) is 0 Å². The topological polar surface area (TPSA) is 55.9 Å². The monoisotopic (exact) mass is 302 g/mol. The summed E-state index contributed by atoms with van der Waals surface area (Å²) in [6.45, 7) is 7.92. The first-order chi connectivity index (χ1) is 9.99. The zero-order valence-corrected chi connectivity index (χ0v) is 13.6. The molecule has 0 aliphatic rings. The van der Waals surface area contributed by atoms with Gasteiger partial charge in [-0.1, -0.05) is 24.4 Å². The van der Waals surface area contributed by atoms with Crippen molar-refractivity contribution in [1.29, 1.82) is 0 Å². The number of benzene rings is 1. The molecule has 0 radical (unpaired) electrons. The van der Waals surface area contributed by atoms with Crippen LogP contribution in [0.5, 0.6) is 0 Å². The average molecular weight is 302 g/mol. The van der Waals surface area contributed by atoms with E-state index in [-0.39, 0.29) is 0 Å². The molecule has 0 saturated carbocycles. The Labute approximate surface area is 131 Å². The van der Waals surface area contributed by atoms with E-state index in [0.29, 0.717) is 4.99 Å². The van der Waals surface area contributed by atoms with E-state index < -0.39 is 0 Å². The minimum Gasteiger partial charge on any atom is -0.389 e. The van der Waals surface area contributed by atoms with Crippen LogP contribution in [-0.2, 0) is 6.54 Å². The maximum Gasteiger partial charge on any atom is 0.106 e. The minimum absolute atomic E-state index is 0.430. The number of rotatable bonds is 6. The lowest BCUT2D eigenvalue weighted by Crippen LogP contribution is -2.15. The van der Waals surface area contributed by atoms with Gasteiger partial charge in [-0.2, -0.15) is 5.10 Å². The van der Waals surface area contributed by atoms with Crippen LogP contribution in [0.15, 0.2) is 24.3 Å². The summed E-state index contributed by atoms with van der Waals surface area (Å²) in [5.41, 5.74) is 11.2. The molecule has 0 amide bonds. The van der Waals surface area contributed by atoms with Gasteiger partial charge < -0.3 is 11.1 Å². The fourth-order valence-corrected chi connectivity index (χ4v) is 2.62. The zero-order valence-electron chi connectivity index (χ0n) is 12.8. The Morgan fingerprint density at radius 2 is 2.10 bits per heavy atom. The zero-order chi connectivity index (χ0) is 15.4. The second-order valence-electron chi connectivity index (χ2n) is 5.29. The van der Waals surface area contributed by atoms with E-state index >= 15 is 0 Å². The molecular weight excluding hydrogens is 280 g/mol. The molecule has 3 N–H and O–H groups in total. The summed E-state index contributed by atoms with van der Waals surface area (Å²) in [5.74, 6) is 0. The molecule has 1 heterocycles. The summed E-state index contributed by atoms with van der Waals surface area (Å²) in [7, 11) is 0. The summed E-state index contributed by atoms with van der Waals surface area (Å²) in [6.07, 6.45) is 0.993. The van der Waals surface area contributed by atoms with Gasteiger partial charge in [0.1, 0.15) is 4.99 Å². The molecule has 0 aliphatic heterocycles. The van der Waals surface area contributed by atoms with Crippen LogP contribution in [0, 0.1) is 20.8 Å². The summed E-state index contributed by atoms with van der Waals surface area (Å²) < 4.78 is 2.04. The first-order valence-corrected chi connectivity index (χ1v) is 7.54. The van der Waals surface area contributed by atoms with Gasteiger partial charge in [-0.05, 0) is 44.9 Å². The number of aryl methyl sites for hydroxylation is 4. The van der Waals surface area contributed by atoms with Gasteiger partial charge in [0.2, 0.25) is 0 Å². The maximum atomic E-state index is 5.78. The number of anilines is 1. The van der Waals surface area contributed by atoms with Crippen molar-refractivity contribution < 1.29 is 0 Å².